The van der Waals surface area contributed by atoms with Gasteiger partial charge in [0.2, 0.25) is 5.91 Å². The lowest BCUT2D eigenvalue weighted by molar-refractivity contribution is -0.140. The third kappa shape index (κ3) is 10.9. The van der Waals surface area contributed by atoms with E-state index in [4.69, 9.17) is 9.84 Å². The number of amides is 5. The van der Waals surface area contributed by atoms with E-state index in [1.807, 2.05) is 51.1 Å². The van der Waals surface area contributed by atoms with Gasteiger partial charge in [-0.2, -0.15) is 0 Å². The van der Waals surface area contributed by atoms with Crippen LogP contribution in [0.1, 0.15) is 38.3 Å². The van der Waals surface area contributed by atoms with Crippen molar-refractivity contribution in [2.45, 2.75) is 40.5 Å². The number of para-hydroxylation sites is 1. The molecule has 0 spiro atoms. The predicted molar refractivity (Wildman–Crippen MR) is 150 cm³/mol. The van der Waals surface area contributed by atoms with Crippen LogP contribution >= 0.6 is 0 Å². The summed E-state index contributed by atoms with van der Waals surface area (Å²) >= 11 is 0. The maximum atomic E-state index is 12.4. The minimum Gasteiger partial charge on any atom is -0.495 e. The number of carboxylic acid groups (broad SMARTS) is 1. The summed E-state index contributed by atoms with van der Waals surface area (Å²) < 4.78 is 5.44. The minimum atomic E-state index is -0.981. The van der Waals surface area contributed by atoms with Gasteiger partial charge in [0.1, 0.15) is 5.75 Å². The lowest BCUT2D eigenvalue weighted by atomic mass is 9.93. The van der Waals surface area contributed by atoms with Gasteiger partial charge in [0.05, 0.1) is 18.7 Å². The van der Waals surface area contributed by atoms with Gasteiger partial charge in [-0.25, -0.2) is 9.59 Å². The van der Waals surface area contributed by atoms with Crippen LogP contribution in [0.4, 0.5) is 21.0 Å². The Balaban J connectivity index is 1.79. The molecule has 0 radical (unpaired) electrons. The highest BCUT2D eigenvalue weighted by Gasteiger charge is 2.21. The Hall–Kier alpha value is -4.28. The number of methoxy groups -OCH3 is 1. The monoisotopic (exact) mass is 541 g/mol. The fourth-order valence-corrected chi connectivity index (χ4v) is 3.45. The molecule has 6 N–H and O–H groups in total. The molecule has 39 heavy (non-hydrogen) atoms. The Morgan fingerprint density at radius 3 is 2.26 bits per heavy atom. The number of urea groups is 2. The highest BCUT2D eigenvalue weighted by Crippen LogP contribution is 2.26. The normalized spacial score (nSPS) is 11.6. The van der Waals surface area contributed by atoms with Gasteiger partial charge in [-0.1, -0.05) is 45.0 Å². The van der Waals surface area contributed by atoms with Crippen LogP contribution in [0.25, 0.3) is 0 Å². The van der Waals surface area contributed by atoms with Crippen LogP contribution in [0.2, 0.25) is 0 Å². The Morgan fingerprint density at radius 2 is 1.59 bits per heavy atom. The number of aryl methyl sites for hydroxylation is 2. The van der Waals surface area contributed by atoms with Gasteiger partial charge in [0, 0.05) is 31.7 Å². The third-order valence-corrected chi connectivity index (χ3v) is 6.03. The highest BCUT2D eigenvalue weighted by molar-refractivity contribution is 6.01. The molecule has 11 heteroatoms. The molecular weight excluding hydrogens is 502 g/mol. The van der Waals surface area contributed by atoms with Crippen molar-refractivity contribution in [3.63, 3.8) is 0 Å². The second-order valence-corrected chi connectivity index (χ2v) is 10.2. The summed E-state index contributed by atoms with van der Waals surface area (Å²) in [5, 5.41) is 22.6. The zero-order chi connectivity index (χ0) is 29.0. The summed E-state index contributed by atoms with van der Waals surface area (Å²) in [6, 6.07) is 12.0. The first-order valence-corrected chi connectivity index (χ1v) is 12.7. The number of carbonyl (C=O) groups is 4. The largest absolute Gasteiger partial charge is 0.495 e. The lowest BCUT2D eigenvalue weighted by Crippen LogP contribution is -2.46. The number of carbonyl (C=O) groups excluding carboxylic acids is 3. The van der Waals surface area contributed by atoms with Crippen LogP contribution < -0.4 is 31.3 Å². The first-order chi connectivity index (χ1) is 18.4. The van der Waals surface area contributed by atoms with Crippen molar-refractivity contribution in [2.75, 3.05) is 37.4 Å². The van der Waals surface area contributed by atoms with Crippen LogP contribution in [0.5, 0.6) is 5.75 Å². The second kappa shape index (κ2) is 14.6. The number of nitrogens with one attached hydrogen (secondary N) is 5. The van der Waals surface area contributed by atoms with Crippen LogP contribution in [0.15, 0.2) is 42.5 Å². The SMILES string of the molecule is COc1cc(CCC(=O)NCC(C)(C)CNC(=O)NCC(C)C(=O)O)ccc1NC(=O)Nc1ccccc1C. The van der Waals surface area contributed by atoms with Crippen molar-refractivity contribution >= 4 is 35.3 Å². The van der Waals surface area contributed by atoms with Crippen molar-refractivity contribution in [3.8, 4) is 5.75 Å². The molecule has 0 aliphatic rings. The molecule has 0 aliphatic carbocycles. The smallest absolute Gasteiger partial charge is 0.323 e. The van der Waals surface area contributed by atoms with E-state index in [1.165, 1.54) is 14.0 Å². The van der Waals surface area contributed by atoms with Gasteiger partial charge in [0.25, 0.3) is 0 Å². The van der Waals surface area contributed by atoms with Gasteiger partial charge < -0.3 is 36.4 Å². The molecule has 11 nitrogen and oxygen atoms in total. The van der Waals surface area contributed by atoms with Crippen molar-refractivity contribution in [2.24, 2.45) is 11.3 Å². The Labute approximate surface area is 229 Å². The standard InChI is InChI=1S/C28H39N5O6/c1-18-8-6-7-9-21(18)32-27(38)33-22-12-10-20(14-23(22)39-5)11-13-24(34)30-16-28(3,4)17-31-26(37)29-15-19(2)25(35)36/h6-10,12,14,19H,11,13,15-17H2,1-5H3,(H,30,34)(H,35,36)(H2,29,31,37)(H2,32,33,38). The Bertz CT molecular complexity index is 1170. The molecule has 5 amide bonds. The number of aliphatic carboxylic acids is 1. The number of hydrogen-bond donors (Lipinski definition) is 6. The molecule has 0 heterocycles. The average Bonchev–Trinajstić information content (AvgIpc) is 2.90. The summed E-state index contributed by atoms with van der Waals surface area (Å²) in [5.41, 5.74) is 2.62. The molecule has 0 fully saturated rings. The molecule has 0 aromatic heterocycles. The van der Waals surface area contributed by atoms with Gasteiger partial charge in [-0.05, 0) is 48.1 Å². The van der Waals surface area contributed by atoms with Gasteiger partial charge in [0.15, 0.2) is 0 Å². The van der Waals surface area contributed by atoms with Crippen molar-refractivity contribution in [1.82, 2.24) is 16.0 Å². The zero-order valence-corrected chi connectivity index (χ0v) is 23.1. The minimum absolute atomic E-state index is 0.0285. The maximum Gasteiger partial charge on any atom is 0.323 e. The molecule has 0 saturated heterocycles. The van der Waals surface area contributed by atoms with E-state index in [-0.39, 0.29) is 24.9 Å². The molecule has 212 valence electrons. The van der Waals surface area contributed by atoms with E-state index < -0.39 is 23.3 Å². The summed E-state index contributed by atoms with van der Waals surface area (Å²) in [4.78, 5) is 47.6. The number of ether oxygens (including phenoxy) is 1. The number of carboxylic acids is 1. The van der Waals surface area contributed by atoms with Gasteiger partial charge in [-0.15, -0.1) is 0 Å². The van der Waals surface area contributed by atoms with Crippen molar-refractivity contribution < 1.29 is 29.0 Å². The third-order valence-electron chi connectivity index (χ3n) is 6.03. The topological polar surface area (TPSA) is 158 Å². The number of anilines is 2. The Kier molecular flexibility index (Phi) is 11.6. The molecule has 0 aliphatic heterocycles. The quantitative estimate of drug-likeness (QED) is 0.227. The van der Waals surface area contributed by atoms with E-state index in [2.05, 4.69) is 26.6 Å². The summed E-state index contributed by atoms with van der Waals surface area (Å²) in [6.45, 7) is 7.89. The maximum absolute atomic E-state index is 12.4. The fourth-order valence-electron chi connectivity index (χ4n) is 3.45. The molecule has 0 bridgehead atoms. The molecule has 1 unspecified atom stereocenters. The number of hydrogen-bond acceptors (Lipinski definition) is 5. The predicted octanol–water partition coefficient (Wildman–Crippen LogP) is 3.74. The van der Waals surface area contributed by atoms with E-state index in [1.54, 1.807) is 12.1 Å². The summed E-state index contributed by atoms with van der Waals surface area (Å²) in [6.07, 6.45) is 0.724. The van der Waals surface area contributed by atoms with E-state index in [0.29, 0.717) is 36.6 Å². The molecule has 2 aromatic carbocycles. The van der Waals surface area contributed by atoms with E-state index in [9.17, 15) is 19.2 Å². The summed E-state index contributed by atoms with van der Waals surface area (Å²) in [7, 11) is 1.51. The highest BCUT2D eigenvalue weighted by atomic mass is 16.5. The van der Waals surface area contributed by atoms with Crippen molar-refractivity contribution in [3.05, 3.63) is 53.6 Å². The summed E-state index contributed by atoms with van der Waals surface area (Å²) in [5.74, 6) is -1.32. The Morgan fingerprint density at radius 1 is 0.923 bits per heavy atom. The lowest BCUT2D eigenvalue weighted by Gasteiger charge is -2.25. The number of rotatable bonds is 13. The zero-order valence-electron chi connectivity index (χ0n) is 23.1. The van der Waals surface area contributed by atoms with Crippen LogP contribution in [0.3, 0.4) is 0 Å². The van der Waals surface area contributed by atoms with Gasteiger partial charge >= 0.3 is 18.0 Å². The van der Waals surface area contributed by atoms with Crippen molar-refractivity contribution in [1.29, 1.82) is 0 Å². The fraction of sp³-hybridized carbons (Fsp3) is 0.429. The molecule has 0 saturated carbocycles. The van der Waals surface area contributed by atoms with Gasteiger partial charge in [-0.3, -0.25) is 9.59 Å². The van der Waals surface area contributed by atoms with Crippen LogP contribution in [-0.4, -0.2) is 55.8 Å². The molecule has 2 rings (SSSR count). The van der Waals surface area contributed by atoms with Crippen LogP contribution in [0, 0.1) is 18.3 Å². The van der Waals surface area contributed by atoms with E-state index in [0.717, 1.165) is 11.1 Å². The first-order valence-electron chi connectivity index (χ1n) is 12.7. The van der Waals surface area contributed by atoms with Crippen LogP contribution in [-0.2, 0) is 16.0 Å². The molecule has 2 aromatic rings. The molecule has 1 atom stereocenters. The van der Waals surface area contributed by atoms with E-state index >= 15 is 0 Å². The second-order valence-electron chi connectivity index (χ2n) is 10.2. The average molecular weight is 542 g/mol. The molecular formula is C28H39N5O6. The number of benzene rings is 2. The first kappa shape index (κ1) is 30.9.